The molecule has 0 bridgehead atoms. The van der Waals surface area contributed by atoms with Crippen LogP contribution in [0.1, 0.15) is 43.0 Å². The van der Waals surface area contributed by atoms with Gasteiger partial charge in [0.25, 0.3) is 0 Å². The monoisotopic (exact) mass is 530 g/mol. The maximum atomic E-state index is 13.9. The average molecular weight is 531 g/mol. The zero-order valence-electron chi connectivity index (χ0n) is 22.5. The highest BCUT2D eigenvalue weighted by Gasteiger charge is 2.57. The highest BCUT2D eigenvalue weighted by molar-refractivity contribution is 5.92. The third-order valence-corrected chi connectivity index (χ3v) is 8.15. The summed E-state index contributed by atoms with van der Waals surface area (Å²) in [7, 11) is 3.74. The van der Waals surface area contributed by atoms with Gasteiger partial charge in [0.05, 0.1) is 49.4 Å². The van der Waals surface area contributed by atoms with E-state index < -0.39 is 23.4 Å². The second-order valence-corrected chi connectivity index (χ2v) is 10.9. The summed E-state index contributed by atoms with van der Waals surface area (Å²) >= 11 is 0. The number of hydrogen-bond donors (Lipinski definition) is 0. The smallest absolute Gasteiger partial charge is 0.183 e. The van der Waals surface area contributed by atoms with Gasteiger partial charge < -0.3 is 28.7 Å². The van der Waals surface area contributed by atoms with E-state index in [1.165, 1.54) is 0 Å². The standard InChI is InChI=1S/C30H34N4O5/c1-33(16-14-31)24-8-4-22(5-9-24)26-36-18-29(19-37-26)12-3-13-30(28(29)35)20-38-27(39-21-30)23-6-10-25(11-7-23)34(2)17-15-32/h4-11,26-27H,3,12-13,16-21H2,1-2H3. The van der Waals surface area contributed by atoms with Crippen LogP contribution in [0.25, 0.3) is 0 Å². The largest absolute Gasteiger partial charge is 0.361 e. The molecule has 2 spiro atoms. The lowest BCUT2D eigenvalue weighted by Crippen LogP contribution is -2.58. The predicted octanol–water partition coefficient (Wildman–Crippen LogP) is 4.12. The zero-order chi connectivity index (χ0) is 27.5. The summed E-state index contributed by atoms with van der Waals surface area (Å²) in [6, 6.07) is 19.8. The van der Waals surface area contributed by atoms with Crippen LogP contribution < -0.4 is 9.80 Å². The number of nitrogens with zero attached hydrogens (tertiary/aromatic N) is 4. The highest BCUT2D eigenvalue weighted by Crippen LogP contribution is 2.49. The van der Waals surface area contributed by atoms with Crippen LogP contribution in [0, 0.1) is 33.5 Å². The molecule has 39 heavy (non-hydrogen) atoms. The Bertz CT molecular complexity index is 1140. The molecule has 0 atom stereocenters. The van der Waals surface area contributed by atoms with Gasteiger partial charge in [-0.2, -0.15) is 10.5 Å². The number of anilines is 2. The second-order valence-electron chi connectivity index (χ2n) is 10.9. The minimum Gasteiger partial charge on any atom is -0.361 e. The van der Waals surface area contributed by atoms with Crippen molar-refractivity contribution in [3.8, 4) is 12.1 Å². The van der Waals surface area contributed by atoms with Gasteiger partial charge in [-0.15, -0.1) is 0 Å². The van der Waals surface area contributed by atoms with E-state index >= 15 is 0 Å². The molecular weight excluding hydrogens is 496 g/mol. The number of ketones is 1. The van der Waals surface area contributed by atoms with E-state index in [0.717, 1.165) is 41.8 Å². The summed E-state index contributed by atoms with van der Waals surface area (Å²) in [6.45, 7) is 1.82. The number of rotatable bonds is 6. The number of benzene rings is 2. The molecule has 0 aromatic heterocycles. The summed E-state index contributed by atoms with van der Waals surface area (Å²) < 4.78 is 24.5. The molecule has 204 valence electrons. The van der Waals surface area contributed by atoms with E-state index in [-0.39, 0.29) is 5.78 Å². The number of hydrogen-bond acceptors (Lipinski definition) is 9. The maximum Gasteiger partial charge on any atom is 0.183 e. The number of ether oxygens (including phenoxy) is 4. The molecule has 9 heteroatoms. The van der Waals surface area contributed by atoms with Crippen molar-refractivity contribution in [1.29, 1.82) is 10.5 Å². The summed E-state index contributed by atoms with van der Waals surface area (Å²) in [5.74, 6) is 0.111. The lowest BCUT2D eigenvalue weighted by molar-refractivity contribution is -0.261. The molecule has 2 heterocycles. The number of carbonyl (C=O) groups excluding carboxylic acids is 1. The first-order valence-electron chi connectivity index (χ1n) is 13.3. The van der Waals surface area contributed by atoms with E-state index in [1.807, 2.05) is 72.4 Å². The van der Waals surface area contributed by atoms with Crippen LogP contribution in [-0.4, -0.2) is 59.4 Å². The molecule has 0 unspecified atom stereocenters. The van der Waals surface area contributed by atoms with E-state index in [0.29, 0.717) is 39.5 Å². The third-order valence-electron chi connectivity index (χ3n) is 8.15. The molecular formula is C30H34N4O5. The molecule has 2 saturated heterocycles. The minimum atomic E-state index is -0.700. The number of nitriles is 2. The fourth-order valence-electron chi connectivity index (χ4n) is 5.78. The Morgan fingerprint density at radius 2 is 1.08 bits per heavy atom. The third kappa shape index (κ3) is 5.36. The first-order chi connectivity index (χ1) is 18.9. The lowest BCUT2D eigenvalue weighted by Gasteiger charge is -2.50. The normalized spacial score (nSPS) is 28.6. The predicted molar refractivity (Wildman–Crippen MR) is 144 cm³/mol. The van der Waals surface area contributed by atoms with Crippen LogP contribution in [0.4, 0.5) is 11.4 Å². The maximum absolute atomic E-state index is 13.9. The number of carbonyl (C=O) groups is 1. The van der Waals surface area contributed by atoms with Gasteiger partial charge in [0.2, 0.25) is 0 Å². The van der Waals surface area contributed by atoms with Crippen molar-refractivity contribution < 1.29 is 23.7 Å². The Morgan fingerprint density at radius 3 is 1.41 bits per heavy atom. The molecule has 3 fully saturated rings. The van der Waals surface area contributed by atoms with Crippen LogP contribution >= 0.6 is 0 Å². The van der Waals surface area contributed by atoms with Gasteiger partial charge in [0.1, 0.15) is 13.1 Å². The topological polar surface area (TPSA) is 108 Å². The molecule has 0 radical (unpaired) electrons. The zero-order valence-corrected chi connectivity index (χ0v) is 22.5. The fourth-order valence-corrected chi connectivity index (χ4v) is 5.78. The first kappa shape index (κ1) is 27.1. The van der Waals surface area contributed by atoms with Crippen molar-refractivity contribution in [2.24, 2.45) is 10.8 Å². The van der Waals surface area contributed by atoms with Crippen molar-refractivity contribution in [3.05, 3.63) is 59.7 Å². The van der Waals surface area contributed by atoms with E-state index in [2.05, 4.69) is 12.1 Å². The summed E-state index contributed by atoms with van der Waals surface area (Å²) in [6.07, 6.45) is 1.25. The Kier molecular flexibility index (Phi) is 7.88. The van der Waals surface area contributed by atoms with Crippen molar-refractivity contribution in [2.75, 3.05) is 63.4 Å². The second kappa shape index (κ2) is 11.3. The van der Waals surface area contributed by atoms with E-state index in [1.54, 1.807) is 0 Å². The van der Waals surface area contributed by atoms with Crippen molar-refractivity contribution >= 4 is 17.2 Å². The van der Waals surface area contributed by atoms with Gasteiger partial charge in [0.15, 0.2) is 18.4 Å². The molecule has 2 aromatic carbocycles. The molecule has 3 aliphatic rings. The summed E-state index contributed by atoms with van der Waals surface area (Å²) in [4.78, 5) is 17.7. The molecule has 5 rings (SSSR count). The Labute approximate surface area is 229 Å². The van der Waals surface area contributed by atoms with Gasteiger partial charge in [-0.25, -0.2) is 0 Å². The first-order valence-corrected chi connectivity index (χ1v) is 13.3. The van der Waals surface area contributed by atoms with Gasteiger partial charge >= 0.3 is 0 Å². The van der Waals surface area contributed by atoms with Crippen LogP contribution in [-0.2, 0) is 23.7 Å². The average Bonchev–Trinajstić information content (AvgIpc) is 2.97. The van der Waals surface area contributed by atoms with Gasteiger partial charge in [-0.1, -0.05) is 30.7 Å². The molecule has 1 saturated carbocycles. The van der Waals surface area contributed by atoms with E-state index in [4.69, 9.17) is 29.5 Å². The molecule has 9 nitrogen and oxygen atoms in total. The van der Waals surface area contributed by atoms with E-state index in [9.17, 15) is 4.79 Å². The number of Topliss-reactive ketones (excluding diaryl/α,β-unsaturated/α-hetero) is 1. The highest BCUT2D eigenvalue weighted by atomic mass is 16.7. The minimum absolute atomic E-state index is 0.111. The van der Waals surface area contributed by atoms with Gasteiger partial charge in [-0.3, -0.25) is 4.79 Å². The Balaban J connectivity index is 1.20. The van der Waals surface area contributed by atoms with Crippen molar-refractivity contribution in [2.45, 2.75) is 31.8 Å². The van der Waals surface area contributed by atoms with Crippen LogP contribution in [0.15, 0.2) is 48.5 Å². The van der Waals surface area contributed by atoms with Gasteiger partial charge in [-0.05, 0) is 37.1 Å². The van der Waals surface area contributed by atoms with Crippen LogP contribution in [0.3, 0.4) is 0 Å². The van der Waals surface area contributed by atoms with Crippen LogP contribution in [0.2, 0.25) is 0 Å². The Morgan fingerprint density at radius 1 is 0.718 bits per heavy atom. The SMILES string of the molecule is CN(CC#N)c1ccc(C2OCC3(CCCC4(COC(c5ccc(N(C)CC#N)cc5)OC4)C3=O)CO2)cc1. The fraction of sp³-hybridized carbons (Fsp3) is 0.500. The van der Waals surface area contributed by atoms with Crippen LogP contribution in [0.5, 0.6) is 0 Å². The Hall–Kier alpha value is -3.47. The van der Waals surface area contributed by atoms with Crippen molar-refractivity contribution in [1.82, 2.24) is 0 Å². The lowest BCUT2D eigenvalue weighted by atomic mass is 9.61. The molecule has 1 aliphatic carbocycles. The van der Waals surface area contributed by atoms with Gasteiger partial charge in [0, 0.05) is 36.6 Å². The molecule has 0 N–H and O–H groups in total. The van der Waals surface area contributed by atoms with Crippen molar-refractivity contribution in [3.63, 3.8) is 0 Å². The molecule has 0 amide bonds. The summed E-state index contributed by atoms with van der Waals surface area (Å²) in [5, 5.41) is 17.8. The molecule has 2 aliphatic heterocycles. The molecule has 2 aromatic rings. The quantitative estimate of drug-likeness (QED) is 0.510. The summed E-state index contributed by atoms with van der Waals surface area (Å²) in [5.41, 5.74) is 2.25.